The molecule has 0 aromatic carbocycles. The van der Waals surface area contributed by atoms with Crippen molar-refractivity contribution in [1.29, 1.82) is 0 Å². The summed E-state index contributed by atoms with van der Waals surface area (Å²) in [5.41, 5.74) is 0.175. The van der Waals surface area contributed by atoms with Crippen molar-refractivity contribution in [2.45, 2.75) is 59.3 Å². The largest absolute Gasteiger partial charge is 0.300 e. The lowest BCUT2D eigenvalue weighted by Gasteiger charge is -2.23. The highest BCUT2D eigenvalue weighted by molar-refractivity contribution is 5.79. The van der Waals surface area contributed by atoms with Crippen LogP contribution in [-0.4, -0.2) is 5.78 Å². The molecule has 0 saturated heterocycles. The lowest BCUT2D eigenvalue weighted by atomic mass is 9.81. The molecule has 1 heteroatoms. The molecule has 2 fully saturated rings. The van der Waals surface area contributed by atoms with E-state index in [2.05, 4.69) is 20.8 Å². The van der Waals surface area contributed by atoms with Crippen LogP contribution in [0.3, 0.4) is 0 Å². The summed E-state index contributed by atoms with van der Waals surface area (Å²) in [5, 5.41) is 0. The Hall–Kier alpha value is -0.330. The molecule has 0 aromatic heterocycles. The van der Waals surface area contributed by atoms with E-state index in [1.807, 2.05) is 0 Å². The monoisotopic (exact) mass is 208 g/mol. The maximum absolute atomic E-state index is 11.9. The third kappa shape index (κ3) is 2.83. The van der Waals surface area contributed by atoms with Crippen LogP contribution in [0, 0.1) is 23.2 Å². The maximum atomic E-state index is 11.9. The van der Waals surface area contributed by atoms with Crippen LogP contribution in [0.5, 0.6) is 0 Å². The van der Waals surface area contributed by atoms with E-state index in [-0.39, 0.29) is 5.41 Å². The minimum atomic E-state index is 0.175. The zero-order valence-corrected chi connectivity index (χ0v) is 10.4. The van der Waals surface area contributed by atoms with E-state index in [9.17, 15) is 4.79 Å². The van der Waals surface area contributed by atoms with Crippen molar-refractivity contribution in [3.8, 4) is 0 Å². The number of rotatable bonds is 3. The molecule has 2 rings (SSSR count). The van der Waals surface area contributed by atoms with E-state index in [1.54, 1.807) is 0 Å². The van der Waals surface area contributed by atoms with E-state index < -0.39 is 0 Å². The number of fused-ring (bicyclic) bond motifs is 2. The van der Waals surface area contributed by atoms with Gasteiger partial charge < -0.3 is 0 Å². The Kier molecular flexibility index (Phi) is 2.92. The van der Waals surface area contributed by atoms with Crippen LogP contribution in [0.15, 0.2) is 0 Å². The van der Waals surface area contributed by atoms with Gasteiger partial charge in [-0.3, -0.25) is 4.79 Å². The van der Waals surface area contributed by atoms with Gasteiger partial charge in [-0.05, 0) is 42.4 Å². The van der Waals surface area contributed by atoms with Crippen LogP contribution in [0.1, 0.15) is 59.3 Å². The topological polar surface area (TPSA) is 17.1 Å². The average molecular weight is 208 g/mol. The summed E-state index contributed by atoms with van der Waals surface area (Å²) in [7, 11) is 0. The van der Waals surface area contributed by atoms with Crippen molar-refractivity contribution in [3.63, 3.8) is 0 Å². The van der Waals surface area contributed by atoms with Crippen molar-refractivity contribution in [2.75, 3.05) is 0 Å². The van der Waals surface area contributed by atoms with Crippen molar-refractivity contribution in [2.24, 2.45) is 23.2 Å². The second kappa shape index (κ2) is 3.92. The van der Waals surface area contributed by atoms with Gasteiger partial charge >= 0.3 is 0 Å². The quantitative estimate of drug-likeness (QED) is 0.689. The molecule has 2 saturated carbocycles. The Labute approximate surface area is 93.6 Å². The smallest absolute Gasteiger partial charge is 0.133 e. The molecule has 1 nitrogen and oxygen atoms in total. The van der Waals surface area contributed by atoms with Gasteiger partial charge in [0, 0.05) is 12.8 Å². The van der Waals surface area contributed by atoms with E-state index >= 15 is 0 Å². The van der Waals surface area contributed by atoms with E-state index in [4.69, 9.17) is 0 Å². The van der Waals surface area contributed by atoms with E-state index in [1.165, 1.54) is 25.7 Å². The van der Waals surface area contributed by atoms with Crippen LogP contribution in [-0.2, 0) is 4.79 Å². The molecular weight excluding hydrogens is 184 g/mol. The molecule has 0 heterocycles. The molecule has 3 unspecified atom stereocenters. The third-order valence-electron chi connectivity index (χ3n) is 4.10. The average Bonchev–Trinajstić information content (AvgIpc) is 2.60. The number of hydrogen-bond donors (Lipinski definition) is 0. The predicted molar refractivity (Wildman–Crippen MR) is 62.6 cm³/mol. The predicted octanol–water partition coefficient (Wildman–Crippen LogP) is 3.82. The summed E-state index contributed by atoms with van der Waals surface area (Å²) in [5.74, 6) is 3.13. The van der Waals surface area contributed by atoms with Crippen LogP contribution >= 0.6 is 0 Å². The van der Waals surface area contributed by atoms with Crippen LogP contribution in [0.25, 0.3) is 0 Å². The highest BCUT2D eigenvalue weighted by Gasteiger charge is 2.40. The minimum Gasteiger partial charge on any atom is -0.300 e. The van der Waals surface area contributed by atoms with Gasteiger partial charge in [0.25, 0.3) is 0 Å². The van der Waals surface area contributed by atoms with E-state index in [0.717, 1.165) is 30.6 Å². The molecule has 86 valence electrons. The number of carbonyl (C=O) groups excluding carboxylic acids is 1. The van der Waals surface area contributed by atoms with Gasteiger partial charge in [-0.1, -0.05) is 27.2 Å². The highest BCUT2D eigenvalue weighted by atomic mass is 16.1. The van der Waals surface area contributed by atoms with Crippen molar-refractivity contribution >= 4 is 5.78 Å². The Morgan fingerprint density at radius 2 is 1.93 bits per heavy atom. The first-order chi connectivity index (χ1) is 6.94. The molecule has 0 aliphatic heterocycles. The molecule has 0 spiro atoms. The Morgan fingerprint density at radius 1 is 1.20 bits per heavy atom. The maximum Gasteiger partial charge on any atom is 0.133 e. The first-order valence-corrected chi connectivity index (χ1v) is 6.46. The van der Waals surface area contributed by atoms with Gasteiger partial charge in [0.2, 0.25) is 0 Å². The van der Waals surface area contributed by atoms with Crippen LogP contribution in [0.4, 0.5) is 0 Å². The standard InChI is InChI=1S/C14H24O/c1-14(2,3)9-13(15)8-12-7-10-4-5-11(12)6-10/h10-12H,4-9H2,1-3H3. The summed E-state index contributed by atoms with van der Waals surface area (Å²) < 4.78 is 0. The van der Waals surface area contributed by atoms with Gasteiger partial charge in [-0.15, -0.1) is 0 Å². The minimum absolute atomic E-state index is 0.175. The third-order valence-corrected chi connectivity index (χ3v) is 4.10. The SMILES string of the molecule is CC(C)(C)CC(=O)CC1CC2CCC1C2. The fourth-order valence-electron chi connectivity index (χ4n) is 3.58. The summed E-state index contributed by atoms with van der Waals surface area (Å²) >= 11 is 0. The second-order valence-corrected chi connectivity index (χ2v) is 6.92. The molecule has 0 amide bonds. The summed E-state index contributed by atoms with van der Waals surface area (Å²) in [4.78, 5) is 11.9. The van der Waals surface area contributed by atoms with Crippen molar-refractivity contribution < 1.29 is 4.79 Å². The van der Waals surface area contributed by atoms with Crippen LogP contribution < -0.4 is 0 Å². The Morgan fingerprint density at radius 3 is 2.40 bits per heavy atom. The first kappa shape index (κ1) is 11.2. The van der Waals surface area contributed by atoms with Gasteiger partial charge in [0.05, 0.1) is 0 Å². The lowest BCUT2D eigenvalue weighted by molar-refractivity contribution is -0.122. The van der Waals surface area contributed by atoms with Crippen LogP contribution in [0.2, 0.25) is 0 Å². The van der Waals surface area contributed by atoms with Gasteiger partial charge in [0.1, 0.15) is 5.78 Å². The molecule has 3 atom stereocenters. The zero-order chi connectivity index (χ0) is 11.1. The number of Topliss-reactive ketones (excluding diaryl/α,β-unsaturated/α-hetero) is 1. The molecule has 0 N–H and O–H groups in total. The molecular formula is C14H24O. The molecule has 0 aromatic rings. The van der Waals surface area contributed by atoms with E-state index in [0.29, 0.717) is 5.78 Å². The highest BCUT2D eigenvalue weighted by Crippen LogP contribution is 2.49. The summed E-state index contributed by atoms with van der Waals surface area (Å²) in [6.45, 7) is 6.48. The number of hydrogen-bond acceptors (Lipinski definition) is 1. The van der Waals surface area contributed by atoms with Crippen molar-refractivity contribution in [1.82, 2.24) is 0 Å². The van der Waals surface area contributed by atoms with Crippen molar-refractivity contribution in [3.05, 3.63) is 0 Å². The fourth-order valence-corrected chi connectivity index (χ4v) is 3.58. The first-order valence-electron chi connectivity index (χ1n) is 6.46. The van der Waals surface area contributed by atoms with Gasteiger partial charge in [0.15, 0.2) is 0 Å². The van der Waals surface area contributed by atoms with Gasteiger partial charge in [-0.25, -0.2) is 0 Å². The zero-order valence-electron chi connectivity index (χ0n) is 10.4. The molecule has 2 aliphatic carbocycles. The molecule has 0 radical (unpaired) electrons. The Bertz CT molecular complexity index is 249. The number of carbonyl (C=O) groups is 1. The summed E-state index contributed by atoms with van der Waals surface area (Å²) in [6, 6.07) is 0. The molecule has 15 heavy (non-hydrogen) atoms. The Balaban J connectivity index is 1.80. The molecule has 2 aliphatic rings. The van der Waals surface area contributed by atoms with Gasteiger partial charge in [-0.2, -0.15) is 0 Å². The molecule has 2 bridgehead atoms. The lowest BCUT2D eigenvalue weighted by Crippen LogP contribution is -2.19. The summed E-state index contributed by atoms with van der Waals surface area (Å²) in [6.07, 6.45) is 7.25. The number of ketones is 1. The second-order valence-electron chi connectivity index (χ2n) is 6.92. The fraction of sp³-hybridized carbons (Fsp3) is 0.929. The normalized spacial score (nSPS) is 34.7.